The molecule has 2 rings (SSSR count). The molecule has 0 radical (unpaired) electrons. The van der Waals surface area contributed by atoms with E-state index >= 15 is 0 Å². The lowest BCUT2D eigenvalue weighted by Crippen LogP contribution is -2.40. The summed E-state index contributed by atoms with van der Waals surface area (Å²) in [7, 11) is 3.69. The molecule has 8 heteroatoms. The first kappa shape index (κ1) is 18.6. The first-order valence-electron chi connectivity index (χ1n) is 7.58. The largest absolute Gasteiger partial charge is 0.468 e. The van der Waals surface area contributed by atoms with Gasteiger partial charge in [0.05, 0.1) is 24.4 Å². The second kappa shape index (κ2) is 8.39. The number of carbonyl (C=O) groups is 2. The fraction of sp³-hybridized carbons (Fsp3) is 0.294. The summed E-state index contributed by atoms with van der Waals surface area (Å²) in [6.45, 7) is -0.0475. The minimum absolute atomic E-state index is 0.163. The van der Waals surface area contributed by atoms with Crippen molar-refractivity contribution in [2.45, 2.75) is 6.04 Å². The second-order valence-electron chi connectivity index (χ2n) is 5.61. The van der Waals surface area contributed by atoms with Crippen molar-refractivity contribution in [1.29, 1.82) is 0 Å². The van der Waals surface area contributed by atoms with E-state index in [2.05, 4.69) is 10.6 Å². The van der Waals surface area contributed by atoms with Gasteiger partial charge in [-0.3, -0.25) is 14.5 Å². The van der Waals surface area contributed by atoms with E-state index in [0.29, 0.717) is 11.8 Å². The van der Waals surface area contributed by atoms with Gasteiger partial charge in [0.25, 0.3) is 5.91 Å². The van der Waals surface area contributed by atoms with E-state index in [1.165, 1.54) is 0 Å². The van der Waals surface area contributed by atoms with Crippen LogP contribution in [0.4, 0.5) is 8.78 Å². The molecule has 0 aliphatic rings. The Bertz CT molecular complexity index is 733. The predicted octanol–water partition coefficient (Wildman–Crippen LogP) is 1.71. The Balaban J connectivity index is 1.85. The average molecular weight is 351 g/mol. The lowest BCUT2D eigenvalue weighted by Gasteiger charge is -2.22. The molecule has 0 spiro atoms. The summed E-state index contributed by atoms with van der Waals surface area (Å²) in [5, 5.41) is 4.97. The van der Waals surface area contributed by atoms with Crippen molar-refractivity contribution in [3.63, 3.8) is 0 Å². The van der Waals surface area contributed by atoms with Crippen LogP contribution in [0.15, 0.2) is 41.0 Å². The van der Waals surface area contributed by atoms with Crippen molar-refractivity contribution in [2.24, 2.45) is 0 Å². The maximum atomic E-state index is 13.5. The van der Waals surface area contributed by atoms with Gasteiger partial charge in [-0.05, 0) is 38.4 Å². The van der Waals surface area contributed by atoms with E-state index in [1.54, 1.807) is 18.4 Å². The molecule has 1 heterocycles. The number of carbonyl (C=O) groups excluding carboxylic acids is 2. The molecule has 1 atom stereocenters. The van der Waals surface area contributed by atoms with E-state index in [9.17, 15) is 18.4 Å². The third kappa shape index (κ3) is 5.12. The highest BCUT2D eigenvalue weighted by atomic mass is 19.1. The number of amides is 2. The molecule has 0 saturated heterocycles. The first-order valence-corrected chi connectivity index (χ1v) is 7.58. The normalized spacial score (nSPS) is 12.0. The standard InChI is InChI=1S/C17H19F2N3O3/c1-22(2)14(15-4-3-7-25-15)9-20-16(23)10-21-17(24)12-6-5-11(18)8-13(12)19/h3-8,14H,9-10H2,1-2H3,(H,20,23)(H,21,24). The molecule has 25 heavy (non-hydrogen) atoms. The highest BCUT2D eigenvalue weighted by Crippen LogP contribution is 2.17. The minimum atomic E-state index is -0.983. The molecule has 134 valence electrons. The second-order valence-corrected chi connectivity index (χ2v) is 5.61. The van der Waals surface area contributed by atoms with Gasteiger partial charge in [0.15, 0.2) is 0 Å². The average Bonchev–Trinajstić information content (AvgIpc) is 3.06. The van der Waals surface area contributed by atoms with Crippen LogP contribution in [0.3, 0.4) is 0 Å². The van der Waals surface area contributed by atoms with Gasteiger partial charge in [-0.15, -0.1) is 0 Å². The molecule has 0 aliphatic carbocycles. The predicted molar refractivity (Wildman–Crippen MR) is 86.8 cm³/mol. The molecule has 0 aliphatic heterocycles. The van der Waals surface area contributed by atoms with Crippen molar-refractivity contribution in [1.82, 2.24) is 15.5 Å². The molecule has 6 nitrogen and oxygen atoms in total. The molecule has 1 aromatic carbocycles. The minimum Gasteiger partial charge on any atom is -0.468 e. The number of benzene rings is 1. The summed E-state index contributed by atoms with van der Waals surface area (Å²) < 4.78 is 31.7. The fourth-order valence-electron chi connectivity index (χ4n) is 2.22. The zero-order valence-corrected chi connectivity index (χ0v) is 13.9. The lowest BCUT2D eigenvalue weighted by atomic mass is 10.2. The molecule has 0 bridgehead atoms. The Morgan fingerprint density at radius 1 is 1.20 bits per heavy atom. The van der Waals surface area contributed by atoms with Crippen molar-refractivity contribution >= 4 is 11.8 Å². The summed E-state index contributed by atoms with van der Waals surface area (Å²) in [5.74, 6) is -2.29. The van der Waals surface area contributed by atoms with Crippen LogP contribution in [-0.4, -0.2) is 43.9 Å². The molecular formula is C17H19F2N3O3. The number of nitrogens with zero attached hydrogens (tertiary/aromatic N) is 1. The zero-order valence-electron chi connectivity index (χ0n) is 13.9. The third-order valence-electron chi connectivity index (χ3n) is 3.57. The van der Waals surface area contributed by atoms with Crippen LogP contribution in [0.5, 0.6) is 0 Å². The van der Waals surface area contributed by atoms with E-state index in [1.807, 2.05) is 19.0 Å². The number of halogens is 2. The summed E-state index contributed by atoms with van der Waals surface area (Å²) >= 11 is 0. The number of furan rings is 1. The molecule has 2 aromatic rings. The quantitative estimate of drug-likeness (QED) is 0.796. The van der Waals surface area contributed by atoms with Gasteiger partial charge in [-0.25, -0.2) is 8.78 Å². The Hall–Kier alpha value is -2.74. The van der Waals surface area contributed by atoms with Gasteiger partial charge >= 0.3 is 0 Å². The molecular weight excluding hydrogens is 332 g/mol. The van der Waals surface area contributed by atoms with Crippen molar-refractivity contribution in [2.75, 3.05) is 27.2 Å². The molecule has 1 unspecified atom stereocenters. The summed E-state index contributed by atoms with van der Waals surface area (Å²) in [4.78, 5) is 25.6. The monoisotopic (exact) mass is 351 g/mol. The number of hydrogen-bond donors (Lipinski definition) is 2. The van der Waals surface area contributed by atoms with Crippen molar-refractivity contribution in [3.8, 4) is 0 Å². The van der Waals surface area contributed by atoms with Gasteiger partial charge in [-0.1, -0.05) is 0 Å². The smallest absolute Gasteiger partial charge is 0.254 e. The number of nitrogens with one attached hydrogen (secondary N) is 2. The van der Waals surface area contributed by atoms with E-state index < -0.39 is 23.4 Å². The topological polar surface area (TPSA) is 74.6 Å². The van der Waals surface area contributed by atoms with Gasteiger partial charge in [0.2, 0.25) is 5.91 Å². The van der Waals surface area contributed by atoms with Gasteiger partial charge < -0.3 is 15.1 Å². The Morgan fingerprint density at radius 3 is 2.56 bits per heavy atom. The van der Waals surface area contributed by atoms with Crippen LogP contribution in [0.2, 0.25) is 0 Å². The fourth-order valence-corrected chi connectivity index (χ4v) is 2.22. The SMILES string of the molecule is CN(C)C(CNC(=O)CNC(=O)c1ccc(F)cc1F)c1ccco1. The van der Waals surface area contributed by atoms with Gasteiger partial charge in [0.1, 0.15) is 17.4 Å². The highest BCUT2D eigenvalue weighted by Gasteiger charge is 2.18. The van der Waals surface area contributed by atoms with Crippen molar-refractivity contribution < 1.29 is 22.8 Å². The Labute approximate surface area is 143 Å². The van der Waals surface area contributed by atoms with Crippen LogP contribution in [-0.2, 0) is 4.79 Å². The zero-order chi connectivity index (χ0) is 18.4. The molecule has 0 fully saturated rings. The highest BCUT2D eigenvalue weighted by molar-refractivity contribution is 5.96. The molecule has 1 aromatic heterocycles. The third-order valence-corrected chi connectivity index (χ3v) is 3.57. The van der Waals surface area contributed by atoms with E-state index in [0.717, 1.165) is 12.1 Å². The van der Waals surface area contributed by atoms with Crippen LogP contribution in [0.1, 0.15) is 22.2 Å². The van der Waals surface area contributed by atoms with E-state index in [-0.39, 0.29) is 24.7 Å². The lowest BCUT2D eigenvalue weighted by molar-refractivity contribution is -0.120. The summed E-state index contributed by atoms with van der Waals surface area (Å²) in [6, 6.07) is 6.00. The summed E-state index contributed by atoms with van der Waals surface area (Å²) in [5.41, 5.74) is -0.323. The molecule has 2 amide bonds. The van der Waals surface area contributed by atoms with Crippen LogP contribution in [0, 0.1) is 11.6 Å². The Morgan fingerprint density at radius 2 is 1.96 bits per heavy atom. The van der Waals surface area contributed by atoms with Gasteiger partial charge in [0, 0.05) is 12.6 Å². The number of hydrogen-bond acceptors (Lipinski definition) is 4. The van der Waals surface area contributed by atoms with Crippen LogP contribution in [0.25, 0.3) is 0 Å². The van der Waals surface area contributed by atoms with Crippen molar-refractivity contribution in [3.05, 3.63) is 59.6 Å². The number of rotatable bonds is 7. The van der Waals surface area contributed by atoms with E-state index in [4.69, 9.17) is 4.42 Å². The molecule has 0 saturated carbocycles. The number of likely N-dealkylation sites (N-methyl/N-ethyl adjacent to an activating group) is 1. The van der Waals surface area contributed by atoms with Gasteiger partial charge in [-0.2, -0.15) is 0 Å². The first-order chi connectivity index (χ1) is 11.9. The maximum absolute atomic E-state index is 13.5. The van der Waals surface area contributed by atoms with Crippen LogP contribution >= 0.6 is 0 Å². The molecule has 2 N–H and O–H groups in total. The van der Waals surface area contributed by atoms with Crippen LogP contribution < -0.4 is 10.6 Å². The Kier molecular flexibility index (Phi) is 6.24. The maximum Gasteiger partial charge on any atom is 0.254 e. The summed E-state index contributed by atoms with van der Waals surface area (Å²) in [6.07, 6.45) is 1.55.